The van der Waals surface area contributed by atoms with E-state index < -0.39 is 0 Å². The molecule has 98 valence electrons. The van der Waals surface area contributed by atoms with Gasteiger partial charge in [0.05, 0.1) is 18.6 Å². The quantitative estimate of drug-likeness (QED) is 0.694. The van der Waals surface area contributed by atoms with Gasteiger partial charge >= 0.3 is 0 Å². The molecule has 3 heteroatoms. The predicted octanol–water partition coefficient (Wildman–Crippen LogP) is 2.72. The van der Waals surface area contributed by atoms with Gasteiger partial charge < -0.3 is 10.1 Å². The van der Waals surface area contributed by atoms with Gasteiger partial charge in [-0.15, -0.1) is 0 Å². The molecule has 0 aliphatic heterocycles. The van der Waals surface area contributed by atoms with Crippen molar-refractivity contribution in [1.82, 2.24) is 5.32 Å². The van der Waals surface area contributed by atoms with Crippen LogP contribution in [0, 0.1) is 23.2 Å². The maximum absolute atomic E-state index is 9.04. The van der Waals surface area contributed by atoms with Crippen LogP contribution in [-0.4, -0.2) is 25.8 Å². The van der Waals surface area contributed by atoms with Gasteiger partial charge in [0.1, 0.15) is 0 Å². The number of nitrogens with one attached hydrogen (secondary N) is 1. The first-order valence-corrected chi connectivity index (χ1v) is 6.94. The zero-order valence-electron chi connectivity index (χ0n) is 11.2. The number of nitriles is 1. The van der Waals surface area contributed by atoms with Crippen molar-refractivity contribution in [3.63, 3.8) is 0 Å². The van der Waals surface area contributed by atoms with Crippen molar-refractivity contribution >= 4 is 0 Å². The van der Waals surface area contributed by atoms with Crippen LogP contribution in [0.1, 0.15) is 46.0 Å². The highest BCUT2D eigenvalue weighted by atomic mass is 16.5. The lowest BCUT2D eigenvalue weighted by Crippen LogP contribution is -2.39. The Balaban J connectivity index is 2.03. The average molecular weight is 238 g/mol. The maximum Gasteiger partial charge on any atom is 0.0672 e. The number of hydrogen-bond donors (Lipinski definition) is 1. The minimum Gasteiger partial charge on any atom is -0.380 e. The van der Waals surface area contributed by atoms with E-state index in [-0.39, 0.29) is 5.92 Å². The monoisotopic (exact) mass is 238 g/mol. The number of rotatable bonds is 7. The average Bonchev–Trinajstić information content (AvgIpc) is 2.33. The Kier molecular flexibility index (Phi) is 7.23. The van der Waals surface area contributed by atoms with Crippen LogP contribution in [0.4, 0.5) is 0 Å². The zero-order chi connectivity index (χ0) is 12.5. The first kappa shape index (κ1) is 14.5. The Morgan fingerprint density at radius 1 is 1.29 bits per heavy atom. The summed E-state index contributed by atoms with van der Waals surface area (Å²) in [5.74, 6) is 0.920. The third kappa shape index (κ3) is 6.05. The fraction of sp³-hybridized carbons (Fsp3) is 0.929. The van der Waals surface area contributed by atoms with Gasteiger partial charge in [0.2, 0.25) is 0 Å². The first-order chi connectivity index (χ1) is 8.24. The van der Waals surface area contributed by atoms with Crippen LogP contribution in [0.15, 0.2) is 0 Å². The van der Waals surface area contributed by atoms with Gasteiger partial charge in [-0.25, -0.2) is 0 Å². The molecule has 0 saturated heterocycles. The SMILES string of the molecule is CC(C)CCOCCNC1CCCCC1C#N. The fourth-order valence-corrected chi connectivity index (χ4v) is 2.27. The second-order valence-corrected chi connectivity index (χ2v) is 5.38. The van der Waals surface area contributed by atoms with Gasteiger partial charge in [-0.3, -0.25) is 0 Å². The van der Waals surface area contributed by atoms with Gasteiger partial charge in [0.15, 0.2) is 0 Å². The van der Waals surface area contributed by atoms with Crippen molar-refractivity contribution < 1.29 is 4.74 Å². The number of nitrogens with zero attached hydrogens (tertiary/aromatic N) is 1. The Labute approximate surface area is 106 Å². The van der Waals surface area contributed by atoms with E-state index in [1.54, 1.807) is 0 Å². The summed E-state index contributed by atoms with van der Waals surface area (Å²) in [6.45, 7) is 6.91. The first-order valence-electron chi connectivity index (χ1n) is 6.94. The van der Waals surface area contributed by atoms with Crippen molar-refractivity contribution in [2.45, 2.75) is 52.0 Å². The maximum atomic E-state index is 9.04. The molecule has 0 spiro atoms. The third-order valence-electron chi connectivity index (χ3n) is 3.42. The fourth-order valence-electron chi connectivity index (χ4n) is 2.27. The second-order valence-electron chi connectivity index (χ2n) is 5.38. The van der Waals surface area contributed by atoms with Crippen molar-refractivity contribution in [3.8, 4) is 6.07 Å². The van der Waals surface area contributed by atoms with Crippen LogP contribution < -0.4 is 5.32 Å². The summed E-state index contributed by atoms with van der Waals surface area (Å²) in [5, 5.41) is 12.5. The summed E-state index contributed by atoms with van der Waals surface area (Å²) >= 11 is 0. The predicted molar refractivity (Wildman–Crippen MR) is 69.6 cm³/mol. The Morgan fingerprint density at radius 3 is 2.76 bits per heavy atom. The molecule has 0 amide bonds. The van der Waals surface area contributed by atoms with Crippen molar-refractivity contribution in [2.24, 2.45) is 11.8 Å². The van der Waals surface area contributed by atoms with Crippen LogP contribution in [-0.2, 0) is 4.74 Å². The van der Waals surface area contributed by atoms with Gasteiger partial charge in [0.25, 0.3) is 0 Å². The largest absolute Gasteiger partial charge is 0.380 e. The third-order valence-corrected chi connectivity index (χ3v) is 3.42. The molecule has 2 atom stereocenters. The Bertz CT molecular complexity index is 235. The summed E-state index contributed by atoms with van der Waals surface area (Å²) in [6.07, 6.45) is 5.79. The molecule has 0 heterocycles. The van der Waals surface area contributed by atoms with E-state index in [1.807, 2.05) is 0 Å². The van der Waals surface area contributed by atoms with E-state index in [2.05, 4.69) is 25.2 Å². The summed E-state index contributed by atoms with van der Waals surface area (Å²) in [6, 6.07) is 2.81. The van der Waals surface area contributed by atoms with E-state index in [4.69, 9.17) is 10.00 Å². The van der Waals surface area contributed by atoms with Crippen LogP contribution >= 0.6 is 0 Å². The number of ether oxygens (including phenoxy) is 1. The highest BCUT2D eigenvalue weighted by Gasteiger charge is 2.23. The molecular weight excluding hydrogens is 212 g/mol. The molecule has 0 aromatic rings. The molecule has 1 aliphatic carbocycles. The molecule has 1 fully saturated rings. The van der Waals surface area contributed by atoms with E-state index in [0.717, 1.165) is 39.0 Å². The molecule has 0 aromatic heterocycles. The number of hydrogen-bond acceptors (Lipinski definition) is 3. The van der Waals surface area contributed by atoms with Gasteiger partial charge in [-0.1, -0.05) is 26.7 Å². The van der Waals surface area contributed by atoms with Crippen molar-refractivity contribution in [2.75, 3.05) is 19.8 Å². The molecule has 1 saturated carbocycles. The molecule has 2 unspecified atom stereocenters. The summed E-state index contributed by atoms with van der Waals surface area (Å²) in [5.41, 5.74) is 0. The summed E-state index contributed by atoms with van der Waals surface area (Å²) in [4.78, 5) is 0. The van der Waals surface area contributed by atoms with E-state index in [1.165, 1.54) is 12.8 Å². The minimum absolute atomic E-state index is 0.208. The van der Waals surface area contributed by atoms with Crippen molar-refractivity contribution in [1.29, 1.82) is 5.26 Å². The molecule has 3 nitrogen and oxygen atoms in total. The summed E-state index contributed by atoms with van der Waals surface area (Å²) < 4.78 is 5.56. The molecular formula is C14H26N2O. The van der Waals surface area contributed by atoms with Gasteiger partial charge in [0, 0.05) is 19.2 Å². The lowest BCUT2D eigenvalue weighted by atomic mass is 9.85. The van der Waals surface area contributed by atoms with E-state index in [0.29, 0.717) is 12.0 Å². The lowest BCUT2D eigenvalue weighted by Gasteiger charge is -2.27. The Hall–Kier alpha value is -0.590. The molecule has 1 aliphatic rings. The Morgan fingerprint density at radius 2 is 2.06 bits per heavy atom. The van der Waals surface area contributed by atoms with Crippen LogP contribution in [0.2, 0.25) is 0 Å². The molecule has 0 radical (unpaired) electrons. The highest BCUT2D eigenvalue weighted by molar-refractivity contribution is 4.94. The van der Waals surface area contributed by atoms with Gasteiger partial charge in [-0.2, -0.15) is 5.26 Å². The van der Waals surface area contributed by atoms with Gasteiger partial charge in [-0.05, 0) is 25.2 Å². The standard InChI is InChI=1S/C14H26N2O/c1-12(2)7-9-17-10-8-16-14-6-4-3-5-13(14)11-15/h12-14,16H,3-10H2,1-2H3. The summed E-state index contributed by atoms with van der Waals surface area (Å²) in [7, 11) is 0. The molecule has 0 aromatic carbocycles. The molecule has 1 N–H and O–H groups in total. The lowest BCUT2D eigenvalue weighted by molar-refractivity contribution is 0.120. The zero-order valence-corrected chi connectivity index (χ0v) is 11.2. The second kappa shape index (κ2) is 8.49. The van der Waals surface area contributed by atoms with Crippen LogP contribution in [0.5, 0.6) is 0 Å². The van der Waals surface area contributed by atoms with E-state index >= 15 is 0 Å². The normalized spacial score (nSPS) is 24.8. The minimum atomic E-state index is 0.208. The van der Waals surface area contributed by atoms with Crippen LogP contribution in [0.3, 0.4) is 0 Å². The van der Waals surface area contributed by atoms with Crippen LogP contribution in [0.25, 0.3) is 0 Å². The molecule has 1 rings (SSSR count). The highest BCUT2D eigenvalue weighted by Crippen LogP contribution is 2.23. The topological polar surface area (TPSA) is 45.0 Å². The smallest absolute Gasteiger partial charge is 0.0672 e. The molecule has 0 bridgehead atoms. The van der Waals surface area contributed by atoms with E-state index in [9.17, 15) is 0 Å². The molecule has 17 heavy (non-hydrogen) atoms. The van der Waals surface area contributed by atoms with Crippen molar-refractivity contribution in [3.05, 3.63) is 0 Å².